The minimum Gasteiger partial charge on any atom is -0.335 e. The zero-order valence-electron chi connectivity index (χ0n) is 24.3. The first-order valence-corrected chi connectivity index (χ1v) is 14.8. The smallest absolute Gasteiger partial charge is 0.205 e. The molecule has 0 amide bonds. The van der Waals surface area contributed by atoms with Gasteiger partial charge in [0, 0.05) is 30.5 Å². The number of hydrazone groups is 1. The molecule has 0 aliphatic carbocycles. The van der Waals surface area contributed by atoms with Gasteiger partial charge in [-0.15, -0.1) is 10.2 Å². The minimum atomic E-state index is -0.393. The number of carbonyl (C=O) groups excluding carboxylic acids is 1. The van der Waals surface area contributed by atoms with Gasteiger partial charge in [-0.3, -0.25) is 9.80 Å². The van der Waals surface area contributed by atoms with Crippen molar-refractivity contribution in [2.45, 2.75) is 45.2 Å². The lowest BCUT2D eigenvalue weighted by Crippen LogP contribution is -2.41. The van der Waals surface area contributed by atoms with Crippen molar-refractivity contribution in [2.75, 3.05) is 6.67 Å². The van der Waals surface area contributed by atoms with Crippen molar-refractivity contribution in [3.05, 3.63) is 126 Å². The molecule has 2 heterocycles. The highest BCUT2D eigenvalue weighted by Crippen LogP contribution is 2.30. The quantitative estimate of drug-likeness (QED) is 0.170. The predicted molar refractivity (Wildman–Crippen MR) is 169 cm³/mol. The van der Waals surface area contributed by atoms with Gasteiger partial charge in [0.2, 0.25) is 5.82 Å². The molecule has 0 fully saturated rings. The van der Waals surface area contributed by atoms with Gasteiger partial charge in [-0.1, -0.05) is 123 Å². The van der Waals surface area contributed by atoms with Crippen LogP contribution in [0.4, 0.5) is 0 Å². The fraction of sp³-hybridized carbons (Fsp3) is 0.229. The normalized spacial score (nSPS) is 13.7. The summed E-state index contributed by atoms with van der Waals surface area (Å²) in [4.78, 5) is 16.2. The number of rotatable bonds is 12. The molecule has 8 nitrogen and oxygen atoms in total. The Kier molecular flexibility index (Phi) is 8.64. The number of aromatic nitrogens is 4. The summed E-state index contributed by atoms with van der Waals surface area (Å²) in [5.41, 5.74) is 6.09. The van der Waals surface area contributed by atoms with Gasteiger partial charge in [0.05, 0.1) is 0 Å². The third kappa shape index (κ3) is 6.54. The summed E-state index contributed by atoms with van der Waals surface area (Å²) in [5.74, 6) is 1.70. The van der Waals surface area contributed by atoms with E-state index in [2.05, 4.69) is 74.9 Å². The SMILES string of the molecule is CCCCC1=NN(C(Cc2ccccc2)C(=O)c2ccccc2)CN1Cc1ccc(-c2ccccc2-c2nn[nH]n2)cc1. The van der Waals surface area contributed by atoms with Gasteiger partial charge >= 0.3 is 0 Å². The van der Waals surface area contributed by atoms with Gasteiger partial charge in [-0.05, 0) is 33.9 Å². The number of tetrazole rings is 1. The largest absolute Gasteiger partial charge is 0.335 e. The Hall–Kier alpha value is -5.11. The predicted octanol–water partition coefficient (Wildman–Crippen LogP) is 6.61. The molecule has 1 N–H and O–H groups in total. The number of aromatic amines is 1. The molecular weight excluding hydrogens is 534 g/mol. The van der Waals surface area contributed by atoms with Crippen LogP contribution in [0.5, 0.6) is 0 Å². The molecule has 43 heavy (non-hydrogen) atoms. The van der Waals surface area contributed by atoms with Crippen LogP contribution >= 0.6 is 0 Å². The molecule has 0 saturated carbocycles. The topological polar surface area (TPSA) is 90.4 Å². The lowest BCUT2D eigenvalue weighted by atomic mass is 9.97. The first-order valence-electron chi connectivity index (χ1n) is 14.8. The summed E-state index contributed by atoms with van der Waals surface area (Å²) < 4.78 is 0. The first kappa shape index (κ1) is 28.0. The number of ketones is 1. The fourth-order valence-electron chi connectivity index (χ4n) is 5.53. The van der Waals surface area contributed by atoms with Crippen molar-refractivity contribution in [3.8, 4) is 22.5 Å². The summed E-state index contributed by atoms with van der Waals surface area (Å²) in [7, 11) is 0. The van der Waals surface area contributed by atoms with Gasteiger partial charge in [0.1, 0.15) is 18.5 Å². The van der Waals surface area contributed by atoms with Gasteiger partial charge in [0.15, 0.2) is 5.78 Å². The van der Waals surface area contributed by atoms with Crippen molar-refractivity contribution in [2.24, 2.45) is 5.10 Å². The van der Waals surface area contributed by atoms with E-state index in [1.807, 2.05) is 71.7 Å². The number of H-pyrrole nitrogens is 1. The van der Waals surface area contributed by atoms with Crippen LogP contribution in [0.1, 0.15) is 47.7 Å². The molecule has 216 valence electrons. The van der Waals surface area contributed by atoms with Crippen molar-refractivity contribution in [3.63, 3.8) is 0 Å². The summed E-state index contributed by atoms with van der Waals surface area (Å²) in [6.45, 7) is 3.47. The molecule has 0 spiro atoms. The molecule has 1 atom stereocenters. The van der Waals surface area contributed by atoms with Crippen molar-refractivity contribution in [1.82, 2.24) is 30.5 Å². The average molecular weight is 570 g/mol. The summed E-state index contributed by atoms with van der Waals surface area (Å²) in [6.07, 6.45) is 3.60. The van der Waals surface area contributed by atoms with Gasteiger partial charge in [-0.25, -0.2) is 0 Å². The maximum Gasteiger partial charge on any atom is 0.205 e. The van der Waals surface area contributed by atoms with E-state index in [4.69, 9.17) is 5.10 Å². The molecule has 5 aromatic rings. The maximum absolute atomic E-state index is 13.9. The van der Waals surface area contributed by atoms with E-state index in [-0.39, 0.29) is 5.78 Å². The summed E-state index contributed by atoms with van der Waals surface area (Å²) in [6, 6.07) is 36.1. The van der Waals surface area contributed by atoms with Crippen LogP contribution in [-0.4, -0.2) is 54.9 Å². The number of nitrogens with zero attached hydrogens (tertiary/aromatic N) is 6. The number of unbranched alkanes of at least 4 members (excludes halogenated alkanes) is 1. The molecule has 0 saturated heterocycles. The lowest BCUT2D eigenvalue weighted by molar-refractivity contribution is 0.0794. The number of benzene rings is 4. The number of hydrogen-bond acceptors (Lipinski definition) is 7. The van der Waals surface area contributed by atoms with Crippen molar-refractivity contribution < 1.29 is 4.79 Å². The van der Waals surface area contributed by atoms with Crippen LogP contribution < -0.4 is 0 Å². The van der Waals surface area contributed by atoms with Crippen molar-refractivity contribution >= 4 is 11.6 Å². The Morgan fingerprint density at radius 1 is 0.837 bits per heavy atom. The lowest BCUT2D eigenvalue weighted by Gasteiger charge is -2.27. The summed E-state index contributed by atoms with van der Waals surface area (Å²) >= 11 is 0. The number of hydrogen-bond donors (Lipinski definition) is 1. The van der Waals surface area contributed by atoms with E-state index in [0.29, 0.717) is 31.0 Å². The van der Waals surface area contributed by atoms with Crippen LogP contribution in [0.15, 0.2) is 114 Å². The van der Waals surface area contributed by atoms with Crippen LogP contribution in [0.3, 0.4) is 0 Å². The molecule has 1 aliphatic heterocycles. The Balaban J connectivity index is 1.24. The molecule has 8 heteroatoms. The zero-order valence-corrected chi connectivity index (χ0v) is 24.3. The van der Waals surface area contributed by atoms with E-state index in [1.54, 1.807) is 0 Å². The zero-order chi connectivity index (χ0) is 29.4. The van der Waals surface area contributed by atoms with Gasteiger partial charge in [0.25, 0.3) is 0 Å². The molecule has 0 radical (unpaired) electrons. The second-order valence-electron chi connectivity index (χ2n) is 10.8. The van der Waals surface area contributed by atoms with Crippen LogP contribution in [0, 0.1) is 0 Å². The Morgan fingerprint density at radius 2 is 1.53 bits per heavy atom. The molecule has 4 aromatic carbocycles. The van der Waals surface area contributed by atoms with E-state index in [9.17, 15) is 4.79 Å². The highest BCUT2D eigenvalue weighted by Gasteiger charge is 2.33. The highest BCUT2D eigenvalue weighted by molar-refractivity contribution is 6.00. The third-order valence-electron chi connectivity index (χ3n) is 7.82. The molecule has 1 aromatic heterocycles. The Labute approximate surface area is 252 Å². The molecule has 1 aliphatic rings. The Morgan fingerprint density at radius 3 is 2.23 bits per heavy atom. The first-order chi connectivity index (χ1) is 21.2. The summed E-state index contributed by atoms with van der Waals surface area (Å²) in [5, 5.41) is 21.7. The van der Waals surface area contributed by atoms with Crippen LogP contribution in [0.25, 0.3) is 22.5 Å². The minimum absolute atomic E-state index is 0.0921. The van der Waals surface area contributed by atoms with Gasteiger partial charge in [-0.2, -0.15) is 10.3 Å². The maximum atomic E-state index is 13.9. The molecule has 6 rings (SSSR count). The van der Waals surface area contributed by atoms with Crippen LogP contribution in [-0.2, 0) is 13.0 Å². The third-order valence-corrected chi connectivity index (χ3v) is 7.82. The standard InChI is InChI=1S/C35H35N7O/c1-2-3-18-33-38-42(32(23-26-12-6-4-7-13-26)34(43)29-14-8-5-9-15-29)25-41(33)24-27-19-21-28(22-20-27)30-16-10-11-17-31(30)35-36-39-40-37-35/h4-17,19-22,32H,2-3,18,23-25H2,1H3,(H,36,37,39,40). The molecule has 1 unspecified atom stereocenters. The number of amidine groups is 1. The van der Waals surface area contributed by atoms with Gasteiger partial charge < -0.3 is 4.90 Å². The number of Topliss-reactive ketones (excluding diaryl/α,β-unsaturated/α-hetero) is 1. The van der Waals surface area contributed by atoms with E-state index >= 15 is 0 Å². The van der Waals surface area contributed by atoms with E-state index in [1.165, 1.54) is 5.56 Å². The molecule has 0 bridgehead atoms. The number of nitrogens with one attached hydrogen (secondary N) is 1. The average Bonchev–Trinajstić information content (AvgIpc) is 3.74. The van der Waals surface area contributed by atoms with Crippen LogP contribution in [0.2, 0.25) is 0 Å². The Bertz CT molecular complexity index is 1650. The van der Waals surface area contributed by atoms with E-state index in [0.717, 1.165) is 47.4 Å². The highest BCUT2D eigenvalue weighted by atomic mass is 16.1. The molecular formula is C35H35N7O. The fourth-order valence-corrected chi connectivity index (χ4v) is 5.53. The van der Waals surface area contributed by atoms with Crippen molar-refractivity contribution in [1.29, 1.82) is 0 Å². The number of carbonyl (C=O) groups is 1. The van der Waals surface area contributed by atoms with E-state index < -0.39 is 6.04 Å². The second kappa shape index (κ2) is 13.2. The monoisotopic (exact) mass is 569 g/mol. The second-order valence-corrected chi connectivity index (χ2v) is 10.8.